The largest absolute Gasteiger partial charge is 0.461 e. The van der Waals surface area contributed by atoms with Crippen LogP contribution in [0, 0.1) is 6.54 Å². The summed E-state index contributed by atoms with van der Waals surface area (Å²) in [6.07, 6.45) is 1.38. The molecular weight excluding hydrogens is 130 g/mol. The van der Waals surface area contributed by atoms with Gasteiger partial charge in [-0.2, -0.15) is 0 Å². The highest BCUT2D eigenvalue weighted by Crippen LogP contribution is 2.06. The third-order valence-electron chi connectivity index (χ3n) is 1.46. The van der Waals surface area contributed by atoms with Gasteiger partial charge in [-0.3, -0.25) is 4.79 Å². The van der Waals surface area contributed by atoms with Crippen LogP contribution in [-0.4, -0.2) is 18.6 Å². The van der Waals surface area contributed by atoms with E-state index in [1.165, 1.54) is 0 Å². The SMILES string of the molecule is CCC(=O)OC1C[CH]NC1. The van der Waals surface area contributed by atoms with Crippen LogP contribution < -0.4 is 5.32 Å². The normalized spacial score (nSPS) is 24.7. The standard InChI is InChI=1S/C7H12NO2/c1-2-7(9)10-6-3-4-8-5-6/h4,6,8H,2-3,5H2,1H3. The smallest absolute Gasteiger partial charge is 0.305 e. The van der Waals surface area contributed by atoms with Crippen molar-refractivity contribution < 1.29 is 9.53 Å². The molecule has 1 atom stereocenters. The number of hydrogen-bond acceptors (Lipinski definition) is 3. The molecule has 1 radical (unpaired) electrons. The van der Waals surface area contributed by atoms with Gasteiger partial charge in [-0.25, -0.2) is 0 Å². The molecule has 10 heavy (non-hydrogen) atoms. The maximum atomic E-state index is 10.7. The molecule has 1 aliphatic heterocycles. The van der Waals surface area contributed by atoms with Gasteiger partial charge >= 0.3 is 5.97 Å². The first-order valence-corrected chi connectivity index (χ1v) is 3.57. The molecule has 1 aliphatic rings. The highest BCUT2D eigenvalue weighted by Gasteiger charge is 2.17. The van der Waals surface area contributed by atoms with Crippen molar-refractivity contribution in [2.45, 2.75) is 25.9 Å². The van der Waals surface area contributed by atoms with Crippen molar-refractivity contribution in [3.63, 3.8) is 0 Å². The van der Waals surface area contributed by atoms with Gasteiger partial charge < -0.3 is 10.1 Å². The van der Waals surface area contributed by atoms with Crippen molar-refractivity contribution in [3.05, 3.63) is 6.54 Å². The van der Waals surface area contributed by atoms with Crippen LogP contribution in [0.4, 0.5) is 0 Å². The summed E-state index contributed by atoms with van der Waals surface area (Å²) in [5, 5.41) is 3.00. The molecule has 0 aromatic heterocycles. The lowest BCUT2D eigenvalue weighted by atomic mass is 10.3. The third-order valence-corrected chi connectivity index (χ3v) is 1.46. The molecule has 1 unspecified atom stereocenters. The summed E-state index contributed by atoms with van der Waals surface area (Å²) in [7, 11) is 0. The van der Waals surface area contributed by atoms with Crippen molar-refractivity contribution in [1.29, 1.82) is 0 Å². The van der Waals surface area contributed by atoms with E-state index in [4.69, 9.17) is 4.74 Å². The van der Waals surface area contributed by atoms with Crippen molar-refractivity contribution >= 4 is 5.97 Å². The van der Waals surface area contributed by atoms with Crippen LogP contribution in [0.2, 0.25) is 0 Å². The fraction of sp³-hybridized carbons (Fsp3) is 0.714. The number of ether oxygens (including phenoxy) is 1. The first-order chi connectivity index (χ1) is 4.83. The Bertz CT molecular complexity index is 119. The quantitative estimate of drug-likeness (QED) is 0.569. The molecule has 3 heteroatoms. The Labute approximate surface area is 60.7 Å². The molecule has 0 aliphatic carbocycles. The second-order valence-corrected chi connectivity index (χ2v) is 2.31. The van der Waals surface area contributed by atoms with E-state index in [0.717, 1.165) is 13.0 Å². The van der Waals surface area contributed by atoms with E-state index < -0.39 is 0 Å². The lowest BCUT2D eigenvalue weighted by molar-refractivity contribution is -0.147. The fourth-order valence-corrected chi connectivity index (χ4v) is 0.872. The van der Waals surface area contributed by atoms with E-state index in [1.54, 1.807) is 6.92 Å². The van der Waals surface area contributed by atoms with Crippen LogP contribution in [0.1, 0.15) is 19.8 Å². The highest BCUT2D eigenvalue weighted by atomic mass is 16.5. The van der Waals surface area contributed by atoms with Gasteiger partial charge in [0.25, 0.3) is 0 Å². The summed E-state index contributed by atoms with van der Waals surface area (Å²) >= 11 is 0. The predicted octanol–water partition coefficient (Wildman–Crippen LogP) is 0.463. The molecule has 0 aromatic carbocycles. The molecule has 0 bridgehead atoms. The van der Waals surface area contributed by atoms with Crippen LogP contribution in [0.3, 0.4) is 0 Å². The van der Waals surface area contributed by atoms with Crippen molar-refractivity contribution in [2.24, 2.45) is 0 Å². The maximum absolute atomic E-state index is 10.7. The summed E-state index contributed by atoms with van der Waals surface area (Å²) < 4.78 is 5.03. The van der Waals surface area contributed by atoms with Crippen LogP contribution in [0.15, 0.2) is 0 Å². The van der Waals surface area contributed by atoms with E-state index in [1.807, 2.05) is 6.54 Å². The monoisotopic (exact) mass is 142 g/mol. The molecule has 1 heterocycles. The number of esters is 1. The second-order valence-electron chi connectivity index (χ2n) is 2.31. The Balaban J connectivity index is 2.17. The predicted molar refractivity (Wildman–Crippen MR) is 37.1 cm³/mol. The summed E-state index contributed by atoms with van der Waals surface area (Å²) in [6, 6.07) is 0. The minimum absolute atomic E-state index is 0.0763. The Morgan fingerprint density at radius 2 is 2.70 bits per heavy atom. The third kappa shape index (κ3) is 1.99. The minimum Gasteiger partial charge on any atom is -0.461 e. The first-order valence-electron chi connectivity index (χ1n) is 3.57. The molecule has 1 fully saturated rings. The van der Waals surface area contributed by atoms with Gasteiger partial charge in [0.05, 0.1) is 0 Å². The summed E-state index contributed by atoms with van der Waals surface area (Å²) in [5.41, 5.74) is 0. The van der Waals surface area contributed by atoms with Gasteiger partial charge in [0, 0.05) is 25.9 Å². The zero-order valence-corrected chi connectivity index (χ0v) is 6.09. The Morgan fingerprint density at radius 3 is 3.20 bits per heavy atom. The van der Waals surface area contributed by atoms with Crippen LogP contribution in [0.5, 0.6) is 0 Å². The zero-order valence-electron chi connectivity index (χ0n) is 6.09. The van der Waals surface area contributed by atoms with Crippen LogP contribution in [0.25, 0.3) is 0 Å². The average molecular weight is 142 g/mol. The van der Waals surface area contributed by atoms with Crippen LogP contribution in [-0.2, 0) is 9.53 Å². The molecule has 0 spiro atoms. The van der Waals surface area contributed by atoms with Crippen LogP contribution >= 0.6 is 0 Å². The highest BCUT2D eigenvalue weighted by molar-refractivity contribution is 5.69. The van der Waals surface area contributed by atoms with E-state index in [0.29, 0.717) is 6.42 Å². The van der Waals surface area contributed by atoms with E-state index in [2.05, 4.69) is 5.32 Å². The van der Waals surface area contributed by atoms with Gasteiger partial charge in [-0.05, 0) is 0 Å². The summed E-state index contributed by atoms with van der Waals surface area (Å²) in [6.45, 7) is 4.49. The molecule has 1 rings (SSSR count). The topological polar surface area (TPSA) is 38.3 Å². The van der Waals surface area contributed by atoms with Gasteiger partial charge in [-0.1, -0.05) is 6.92 Å². The number of carbonyl (C=O) groups is 1. The van der Waals surface area contributed by atoms with Gasteiger partial charge in [0.2, 0.25) is 0 Å². The first kappa shape index (κ1) is 7.54. The van der Waals surface area contributed by atoms with Crippen molar-refractivity contribution in [1.82, 2.24) is 5.32 Å². The Morgan fingerprint density at radius 1 is 1.90 bits per heavy atom. The molecule has 57 valence electrons. The van der Waals surface area contributed by atoms with E-state index >= 15 is 0 Å². The average Bonchev–Trinajstić information content (AvgIpc) is 2.40. The molecule has 3 nitrogen and oxygen atoms in total. The number of rotatable bonds is 2. The Hall–Kier alpha value is -0.570. The lowest BCUT2D eigenvalue weighted by Crippen LogP contribution is -2.19. The van der Waals surface area contributed by atoms with E-state index in [9.17, 15) is 4.79 Å². The molecule has 0 saturated carbocycles. The number of hydrogen-bond donors (Lipinski definition) is 1. The van der Waals surface area contributed by atoms with Gasteiger partial charge in [0.1, 0.15) is 6.10 Å². The second kappa shape index (κ2) is 3.56. The summed E-state index contributed by atoms with van der Waals surface area (Å²) in [5.74, 6) is -0.109. The Kier molecular flexibility index (Phi) is 2.68. The number of carbonyl (C=O) groups excluding carboxylic acids is 1. The minimum atomic E-state index is -0.109. The molecule has 1 N–H and O–H groups in total. The molecular formula is C7H12NO2. The zero-order chi connectivity index (χ0) is 7.40. The lowest BCUT2D eigenvalue weighted by Gasteiger charge is -2.08. The summed E-state index contributed by atoms with van der Waals surface area (Å²) in [4.78, 5) is 10.7. The maximum Gasteiger partial charge on any atom is 0.305 e. The van der Waals surface area contributed by atoms with Gasteiger partial charge in [0.15, 0.2) is 0 Å². The van der Waals surface area contributed by atoms with Crippen molar-refractivity contribution in [2.75, 3.05) is 6.54 Å². The molecule has 0 amide bonds. The van der Waals surface area contributed by atoms with E-state index in [-0.39, 0.29) is 12.1 Å². The number of nitrogens with one attached hydrogen (secondary N) is 1. The van der Waals surface area contributed by atoms with Gasteiger partial charge in [-0.15, -0.1) is 0 Å². The fourth-order valence-electron chi connectivity index (χ4n) is 0.872. The molecule has 1 saturated heterocycles. The molecule has 0 aromatic rings. The van der Waals surface area contributed by atoms with Crippen molar-refractivity contribution in [3.8, 4) is 0 Å².